The second kappa shape index (κ2) is 11.2. The van der Waals surface area contributed by atoms with Crippen molar-refractivity contribution in [2.24, 2.45) is 0 Å². The van der Waals surface area contributed by atoms with Crippen molar-refractivity contribution in [1.82, 2.24) is 29.7 Å². The minimum absolute atomic E-state index is 0.121. The number of nitrogens with zero attached hydrogens (tertiary/aromatic N) is 6. The Hall–Kier alpha value is -2.92. The number of hydrogen-bond acceptors (Lipinski definition) is 7. The maximum absolute atomic E-state index is 14.3. The summed E-state index contributed by atoms with van der Waals surface area (Å²) in [6.07, 6.45) is 2.83. The van der Waals surface area contributed by atoms with Crippen LogP contribution >= 0.6 is 0 Å². The van der Waals surface area contributed by atoms with Gasteiger partial charge in [0.15, 0.2) is 11.5 Å². The zero-order valence-electron chi connectivity index (χ0n) is 25.9. The van der Waals surface area contributed by atoms with E-state index < -0.39 is 0 Å². The van der Waals surface area contributed by atoms with Gasteiger partial charge in [-0.25, -0.2) is 13.9 Å². The van der Waals surface area contributed by atoms with Gasteiger partial charge in [0.2, 0.25) is 5.91 Å². The number of rotatable bonds is 7. The average Bonchev–Trinajstić information content (AvgIpc) is 3.66. The monoisotopic (exact) mass is 589 g/mol. The fourth-order valence-corrected chi connectivity index (χ4v) is 7.15. The van der Waals surface area contributed by atoms with Gasteiger partial charge in [-0.2, -0.15) is 5.10 Å². The molecular formula is C33H44FN7O2. The lowest BCUT2D eigenvalue weighted by Gasteiger charge is -2.43. The van der Waals surface area contributed by atoms with Crippen molar-refractivity contribution >= 4 is 17.2 Å². The molecule has 1 N–H and O–H groups in total. The number of piperazine rings is 1. The Kier molecular flexibility index (Phi) is 7.52. The first kappa shape index (κ1) is 28.8. The van der Waals surface area contributed by atoms with Gasteiger partial charge >= 0.3 is 0 Å². The van der Waals surface area contributed by atoms with E-state index in [4.69, 9.17) is 14.8 Å². The predicted octanol–water partition coefficient (Wildman–Crippen LogP) is 3.34. The lowest BCUT2D eigenvalue weighted by Crippen LogP contribution is -2.62. The van der Waals surface area contributed by atoms with E-state index in [-0.39, 0.29) is 23.2 Å². The summed E-state index contributed by atoms with van der Waals surface area (Å²) in [7, 11) is 0. The Morgan fingerprint density at radius 3 is 2.70 bits per heavy atom. The van der Waals surface area contributed by atoms with Crippen LogP contribution < -0.4 is 10.2 Å². The van der Waals surface area contributed by atoms with E-state index in [1.807, 2.05) is 21.5 Å². The standard InChI is InChI=1S/C33H44FN7O2/c1-21-16-39(27(15-35-21)17-38-11-12-43-19-22(38)2)18-29(42)40-20-33(3,4)30-28(40)14-25(13-23-5-9-26(34)10-6-23)32-36-31(24-7-8-24)37-41(30)32/h5-6,9-10,14,21-22,24,27,35H,7-8,11-13,15-20H2,1-4H3/t21-,22-,27-/m1/s1. The average molecular weight is 590 g/mol. The van der Waals surface area contributed by atoms with Crippen molar-refractivity contribution in [2.45, 2.75) is 76.4 Å². The van der Waals surface area contributed by atoms with Crippen LogP contribution in [0.1, 0.15) is 69.1 Å². The Labute approximate surface area is 253 Å². The van der Waals surface area contributed by atoms with Gasteiger partial charge in [-0.1, -0.05) is 26.0 Å². The molecule has 3 aromatic rings. The lowest BCUT2D eigenvalue weighted by atomic mass is 9.90. The largest absolute Gasteiger partial charge is 0.379 e. The van der Waals surface area contributed by atoms with Crippen LogP contribution in [0.2, 0.25) is 0 Å². The van der Waals surface area contributed by atoms with E-state index in [1.165, 1.54) is 12.1 Å². The van der Waals surface area contributed by atoms with Crippen LogP contribution in [-0.2, 0) is 21.4 Å². The van der Waals surface area contributed by atoms with Crippen molar-refractivity contribution in [3.05, 3.63) is 58.8 Å². The highest BCUT2D eigenvalue weighted by Gasteiger charge is 2.43. The second-order valence-corrected chi connectivity index (χ2v) is 13.9. The first-order valence-corrected chi connectivity index (χ1v) is 15.9. The summed E-state index contributed by atoms with van der Waals surface area (Å²) in [5.41, 5.74) is 4.55. The maximum atomic E-state index is 14.3. The molecule has 0 spiro atoms. The van der Waals surface area contributed by atoms with Crippen LogP contribution in [0.3, 0.4) is 0 Å². The van der Waals surface area contributed by atoms with Gasteiger partial charge in [0.05, 0.1) is 31.1 Å². The van der Waals surface area contributed by atoms with Crippen LogP contribution in [0.15, 0.2) is 30.3 Å². The molecule has 0 unspecified atom stereocenters. The first-order chi connectivity index (χ1) is 20.7. The number of carbonyl (C=O) groups is 1. The number of halogens is 1. The van der Waals surface area contributed by atoms with Crippen LogP contribution in [0.4, 0.5) is 10.1 Å². The third-order valence-electron chi connectivity index (χ3n) is 9.73. The highest BCUT2D eigenvalue weighted by atomic mass is 19.1. The molecule has 1 saturated carbocycles. The number of nitrogens with one attached hydrogen (secondary N) is 1. The molecule has 3 atom stereocenters. The summed E-state index contributed by atoms with van der Waals surface area (Å²) >= 11 is 0. The number of amides is 1. The maximum Gasteiger partial charge on any atom is 0.241 e. The van der Waals surface area contributed by atoms with Gasteiger partial charge in [-0.3, -0.25) is 14.6 Å². The minimum Gasteiger partial charge on any atom is -0.379 e. The van der Waals surface area contributed by atoms with E-state index in [2.05, 4.69) is 48.9 Å². The van der Waals surface area contributed by atoms with E-state index >= 15 is 0 Å². The number of hydrogen-bond donors (Lipinski definition) is 1. The third-order valence-corrected chi connectivity index (χ3v) is 9.73. The molecular weight excluding hydrogens is 545 g/mol. The van der Waals surface area contributed by atoms with Crippen molar-refractivity contribution in [3.8, 4) is 0 Å². The Bertz CT molecular complexity index is 1500. The Balaban J connectivity index is 1.21. The van der Waals surface area contributed by atoms with Gasteiger partial charge in [0.1, 0.15) is 5.82 Å². The SMILES string of the molecule is C[C@@H]1CN(CC(=O)N2CC(C)(C)c3c2cc(Cc2ccc(F)cc2)c2nc(C4CC4)nn32)[C@@H](CN2CCOC[C@H]2C)CN1. The first-order valence-electron chi connectivity index (χ1n) is 15.9. The van der Waals surface area contributed by atoms with E-state index in [9.17, 15) is 9.18 Å². The van der Waals surface area contributed by atoms with E-state index in [0.717, 1.165) is 86.2 Å². The van der Waals surface area contributed by atoms with E-state index in [0.29, 0.717) is 37.5 Å². The molecule has 1 aliphatic carbocycles. The Morgan fingerprint density at radius 1 is 1.16 bits per heavy atom. The molecule has 2 saturated heterocycles. The van der Waals surface area contributed by atoms with Crippen molar-refractivity contribution in [3.63, 3.8) is 0 Å². The predicted molar refractivity (Wildman–Crippen MR) is 164 cm³/mol. The molecule has 2 aromatic heterocycles. The number of carbonyl (C=O) groups excluding carboxylic acids is 1. The number of ether oxygens (including phenoxy) is 1. The summed E-state index contributed by atoms with van der Waals surface area (Å²) in [4.78, 5) is 26.2. The van der Waals surface area contributed by atoms with Crippen LogP contribution in [0.5, 0.6) is 0 Å². The number of fused-ring (bicyclic) bond motifs is 3. The minimum atomic E-state index is -0.286. The summed E-state index contributed by atoms with van der Waals surface area (Å²) < 4.78 is 21.4. The summed E-state index contributed by atoms with van der Waals surface area (Å²) in [5.74, 6) is 1.18. The van der Waals surface area contributed by atoms with Crippen LogP contribution in [0, 0.1) is 5.82 Å². The molecule has 7 rings (SSSR count). The molecule has 43 heavy (non-hydrogen) atoms. The molecule has 1 amide bonds. The smallest absolute Gasteiger partial charge is 0.241 e. The number of benzene rings is 1. The van der Waals surface area contributed by atoms with Gasteiger partial charge < -0.3 is 15.0 Å². The van der Waals surface area contributed by atoms with Gasteiger partial charge in [-0.05, 0) is 50.5 Å². The zero-order chi connectivity index (χ0) is 29.9. The van der Waals surface area contributed by atoms with Crippen molar-refractivity contribution in [2.75, 3.05) is 57.4 Å². The highest BCUT2D eigenvalue weighted by Crippen LogP contribution is 2.44. The van der Waals surface area contributed by atoms with Crippen LogP contribution in [0.25, 0.3) is 5.65 Å². The summed E-state index contributed by atoms with van der Waals surface area (Å²) in [6, 6.07) is 9.76. The fourth-order valence-electron chi connectivity index (χ4n) is 7.15. The molecule has 0 radical (unpaired) electrons. The molecule has 1 aromatic carbocycles. The summed E-state index contributed by atoms with van der Waals surface area (Å²) in [6.45, 7) is 14.9. The fraction of sp³-hybridized carbons (Fsp3) is 0.606. The third kappa shape index (κ3) is 5.70. The molecule has 9 nitrogen and oxygen atoms in total. The molecule has 3 aliphatic heterocycles. The van der Waals surface area contributed by atoms with Crippen LogP contribution in [-0.4, -0.2) is 101 Å². The van der Waals surface area contributed by atoms with Crippen molar-refractivity contribution in [1.29, 1.82) is 0 Å². The van der Waals surface area contributed by atoms with Gasteiger partial charge in [0.25, 0.3) is 0 Å². The molecule has 5 heterocycles. The molecule has 0 bridgehead atoms. The quantitative estimate of drug-likeness (QED) is 0.453. The van der Waals surface area contributed by atoms with E-state index in [1.54, 1.807) is 0 Å². The number of pyridine rings is 1. The summed E-state index contributed by atoms with van der Waals surface area (Å²) in [5, 5.41) is 8.68. The van der Waals surface area contributed by atoms with Crippen molar-refractivity contribution < 1.29 is 13.9 Å². The van der Waals surface area contributed by atoms with Gasteiger partial charge in [-0.15, -0.1) is 0 Å². The molecule has 3 fully saturated rings. The Morgan fingerprint density at radius 2 is 1.95 bits per heavy atom. The highest BCUT2D eigenvalue weighted by molar-refractivity contribution is 5.97. The molecule has 4 aliphatic rings. The second-order valence-electron chi connectivity index (χ2n) is 13.9. The number of morpholine rings is 1. The normalized spacial score (nSPS) is 26.3. The molecule has 230 valence electrons. The topological polar surface area (TPSA) is 78.2 Å². The molecule has 10 heteroatoms. The zero-order valence-corrected chi connectivity index (χ0v) is 25.9. The number of aromatic nitrogens is 3. The lowest BCUT2D eigenvalue weighted by molar-refractivity contribution is -0.121. The number of anilines is 1. The van der Waals surface area contributed by atoms with Gasteiger partial charge in [0, 0.05) is 74.2 Å².